The minimum Gasteiger partial charge on any atom is -0.269 e. The molecule has 0 aliphatic rings. The topological polar surface area (TPSA) is 36.1 Å². The number of nitrogens with zero attached hydrogens (tertiary/aromatic N) is 2. The first-order valence-corrected chi connectivity index (χ1v) is 1.94. The first-order valence-electron chi connectivity index (χ1n) is 1.94. The van der Waals surface area contributed by atoms with E-state index in [0.717, 1.165) is 0 Å². The third-order valence-corrected chi connectivity index (χ3v) is 0.384. The monoisotopic (exact) mass is 94.1 g/mol. The van der Waals surface area contributed by atoms with Crippen LogP contribution in [-0.2, 0) is 0 Å². The van der Waals surface area contributed by atoms with E-state index in [1.54, 1.807) is 13.1 Å². The smallest absolute Gasteiger partial charge is 0.0928 e. The largest absolute Gasteiger partial charge is 0.269 e. The Kier molecular flexibility index (Phi) is 4.13. The first kappa shape index (κ1) is 5.90. The van der Waals surface area contributed by atoms with E-state index >= 15 is 0 Å². The Morgan fingerprint density at radius 2 is 2.43 bits per heavy atom. The molecule has 0 aromatic heterocycles. The highest BCUT2D eigenvalue weighted by atomic mass is 14.6. The summed E-state index contributed by atoms with van der Waals surface area (Å²) in [6.07, 6.45) is 4.38. The fourth-order valence-electron chi connectivity index (χ4n) is 0.162. The summed E-state index contributed by atoms with van der Waals surface area (Å²) in [5.41, 5.74) is 0. The van der Waals surface area contributed by atoms with E-state index in [4.69, 9.17) is 5.26 Å². The SMILES string of the molecule is CC=N/C=C/C#N. The van der Waals surface area contributed by atoms with Gasteiger partial charge in [0.2, 0.25) is 0 Å². The Labute approximate surface area is 42.8 Å². The van der Waals surface area contributed by atoms with E-state index < -0.39 is 0 Å². The number of hydrogen-bond donors (Lipinski definition) is 0. The molecule has 0 aromatic carbocycles. The van der Waals surface area contributed by atoms with Crippen molar-refractivity contribution in [1.29, 1.82) is 5.26 Å². The van der Waals surface area contributed by atoms with Crippen molar-refractivity contribution in [3.05, 3.63) is 12.3 Å². The second-order valence-electron chi connectivity index (χ2n) is 0.852. The van der Waals surface area contributed by atoms with Crippen LogP contribution in [0.3, 0.4) is 0 Å². The van der Waals surface area contributed by atoms with E-state index in [0.29, 0.717) is 0 Å². The number of hydrogen-bond acceptors (Lipinski definition) is 2. The zero-order valence-electron chi connectivity index (χ0n) is 4.13. The zero-order chi connectivity index (χ0) is 5.54. The van der Waals surface area contributed by atoms with E-state index in [-0.39, 0.29) is 0 Å². The Bertz CT molecular complexity index is 117. The average molecular weight is 94.1 g/mol. The molecule has 2 nitrogen and oxygen atoms in total. The Hall–Kier alpha value is -1.10. The summed E-state index contributed by atoms with van der Waals surface area (Å²) in [6.45, 7) is 1.79. The predicted molar refractivity (Wildman–Crippen MR) is 28.9 cm³/mol. The summed E-state index contributed by atoms with van der Waals surface area (Å²) in [7, 11) is 0. The van der Waals surface area contributed by atoms with Gasteiger partial charge in [-0.25, -0.2) is 0 Å². The third kappa shape index (κ3) is 4.90. The molecule has 2 heteroatoms. The van der Waals surface area contributed by atoms with Crippen LogP contribution in [0.25, 0.3) is 0 Å². The number of nitriles is 1. The fourth-order valence-corrected chi connectivity index (χ4v) is 0.162. The molecule has 0 spiro atoms. The second kappa shape index (κ2) is 4.90. The van der Waals surface area contributed by atoms with Gasteiger partial charge in [0.1, 0.15) is 0 Å². The van der Waals surface area contributed by atoms with Crippen LogP contribution in [0, 0.1) is 11.3 Å². The standard InChI is InChI=1S/C5H6N2/c1-2-7-5-3-4-6/h2-3,5H,1H3/b5-3+,7-2?. The molecule has 0 radical (unpaired) electrons. The fraction of sp³-hybridized carbons (Fsp3) is 0.200. The molecule has 0 bridgehead atoms. The maximum absolute atomic E-state index is 7.88. The van der Waals surface area contributed by atoms with Gasteiger partial charge in [-0.2, -0.15) is 5.26 Å². The van der Waals surface area contributed by atoms with Gasteiger partial charge >= 0.3 is 0 Å². The van der Waals surface area contributed by atoms with Gasteiger partial charge in [-0.15, -0.1) is 0 Å². The quantitative estimate of drug-likeness (QED) is 0.354. The van der Waals surface area contributed by atoms with Crippen molar-refractivity contribution in [2.75, 3.05) is 0 Å². The molecule has 0 rings (SSSR count). The van der Waals surface area contributed by atoms with E-state index in [1.807, 2.05) is 6.07 Å². The van der Waals surface area contributed by atoms with Crippen LogP contribution < -0.4 is 0 Å². The highest BCUT2D eigenvalue weighted by Crippen LogP contribution is 1.67. The summed E-state index contributed by atoms with van der Waals surface area (Å²) in [4.78, 5) is 3.63. The van der Waals surface area contributed by atoms with Crippen LogP contribution in [0.4, 0.5) is 0 Å². The summed E-state index contributed by atoms with van der Waals surface area (Å²) in [5, 5.41) is 7.88. The number of aliphatic imine (C=N–C) groups is 1. The molecule has 36 valence electrons. The van der Waals surface area contributed by atoms with Gasteiger partial charge in [0, 0.05) is 18.5 Å². The molecular weight excluding hydrogens is 88.1 g/mol. The van der Waals surface area contributed by atoms with E-state index in [9.17, 15) is 0 Å². The van der Waals surface area contributed by atoms with Crippen LogP contribution in [0.15, 0.2) is 17.3 Å². The van der Waals surface area contributed by atoms with Gasteiger partial charge in [-0.1, -0.05) is 0 Å². The van der Waals surface area contributed by atoms with Gasteiger partial charge in [0.05, 0.1) is 6.07 Å². The minimum absolute atomic E-state index is 1.32. The van der Waals surface area contributed by atoms with Gasteiger partial charge < -0.3 is 0 Å². The lowest BCUT2D eigenvalue weighted by Crippen LogP contribution is -1.51. The number of rotatable bonds is 1. The summed E-state index contributed by atoms with van der Waals surface area (Å²) < 4.78 is 0. The predicted octanol–water partition coefficient (Wildman–Crippen LogP) is 1.11. The average Bonchev–Trinajstić information content (AvgIpc) is 1.69. The molecule has 0 unspecified atom stereocenters. The molecule has 0 atom stereocenters. The lowest BCUT2D eigenvalue weighted by Gasteiger charge is -1.63. The maximum atomic E-state index is 7.88. The molecule has 0 aromatic rings. The molecule has 0 N–H and O–H groups in total. The van der Waals surface area contributed by atoms with Gasteiger partial charge in [-0.3, -0.25) is 4.99 Å². The van der Waals surface area contributed by atoms with Crippen LogP contribution >= 0.6 is 0 Å². The van der Waals surface area contributed by atoms with E-state index in [2.05, 4.69) is 4.99 Å². The third-order valence-electron chi connectivity index (χ3n) is 0.384. The Morgan fingerprint density at radius 3 is 2.86 bits per heavy atom. The molecule has 7 heavy (non-hydrogen) atoms. The van der Waals surface area contributed by atoms with Crippen LogP contribution in [-0.4, -0.2) is 6.21 Å². The molecular formula is C5H6N2. The molecule has 0 saturated heterocycles. The molecule has 0 saturated carbocycles. The van der Waals surface area contributed by atoms with Crippen molar-refractivity contribution in [2.24, 2.45) is 4.99 Å². The van der Waals surface area contributed by atoms with Crippen LogP contribution in [0.2, 0.25) is 0 Å². The molecule has 0 aliphatic heterocycles. The molecule has 0 aliphatic carbocycles. The molecule has 0 amide bonds. The van der Waals surface area contributed by atoms with Crippen molar-refractivity contribution in [2.45, 2.75) is 6.92 Å². The van der Waals surface area contributed by atoms with Gasteiger partial charge in [0.25, 0.3) is 0 Å². The first-order chi connectivity index (χ1) is 3.41. The summed E-state index contributed by atoms with van der Waals surface area (Å²) in [5.74, 6) is 0. The van der Waals surface area contributed by atoms with Gasteiger partial charge in [0.15, 0.2) is 0 Å². The van der Waals surface area contributed by atoms with E-state index in [1.165, 1.54) is 12.3 Å². The Balaban J connectivity index is 3.33. The maximum Gasteiger partial charge on any atom is 0.0928 e. The van der Waals surface area contributed by atoms with Crippen molar-refractivity contribution in [3.8, 4) is 6.07 Å². The van der Waals surface area contributed by atoms with Gasteiger partial charge in [-0.05, 0) is 6.92 Å². The zero-order valence-corrected chi connectivity index (χ0v) is 4.13. The highest BCUT2D eigenvalue weighted by Gasteiger charge is 1.54. The minimum atomic E-state index is 1.32. The van der Waals surface area contributed by atoms with Crippen molar-refractivity contribution in [3.63, 3.8) is 0 Å². The molecule has 0 heterocycles. The number of allylic oxidation sites excluding steroid dienone is 1. The highest BCUT2D eigenvalue weighted by molar-refractivity contribution is 5.54. The van der Waals surface area contributed by atoms with Crippen LogP contribution in [0.5, 0.6) is 0 Å². The summed E-state index contributed by atoms with van der Waals surface area (Å²) >= 11 is 0. The lowest BCUT2D eigenvalue weighted by atomic mass is 10.7. The second-order valence-corrected chi connectivity index (χ2v) is 0.852. The van der Waals surface area contributed by atoms with Crippen molar-refractivity contribution >= 4 is 6.21 Å². The molecule has 0 fully saturated rings. The van der Waals surface area contributed by atoms with Crippen LogP contribution in [0.1, 0.15) is 6.92 Å². The van der Waals surface area contributed by atoms with Crippen molar-refractivity contribution in [1.82, 2.24) is 0 Å². The van der Waals surface area contributed by atoms with Crippen molar-refractivity contribution < 1.29 is 0 Å². The Morgan fingerprint density at radius 1 is 1.71 bits per heavy atom. The lowest BCUT2D eigenvalue weighted by molar-refractivity contribution is 1.51. The normalized spacial score (nSPS) is 10.3. The summed E-state index contributed by atoms with van der Waals surface area (Å²) in [6, 6.07) is 1.81.